The SMILES string of the molecule is Cc1cccc(C2C(C(=O)CCc3ccccc3)=C(O)C(=O)N2Cc2ccccn2)c1. The monoisotopic (exact) mass is 412 g/mol. The van der Waals surface area contributed by atoms with E-state index in [4.69, 9.17) is 0 Å². The van der Waals surface area contributed by atoms with Gasteiger partial charge in [-0.2, -0.15) is 0 Å². The number of carbonyl (C=O) groups excluding carboxylic acids is 2. The van der Waals surface area contributed by atoms with E-state index in [-0.39, 0.29) is 24.3 Å². The summed E-state index contributed by atoms with van der Waals surface area (Å²) < 4.78 is 0. The van der Waals surface area contributed by atoms with Crippen LogP contribution < -0.4 is 0 Å². The summed E-state index contributed by atoms with van der Waals surface area (Å²) in [5.41, 5.74) is 3.72. The van der Waals surface area contributed by atoms with Crippen LogP contribution in [0.1, 0.15) is 34.8 Å². The number of pyridine rings is 1. The zero-order valence-corrected chi connectivity index (χ0v) is 17.4. The van der Waals surface area contributed by atoms with Gasteiger partial charge in [0.2, 0.25) is 0 Å². The smallest absolute Gasteiger partial charge is 0.290 e. The Morgan fingerprint density at radius 2 is 1.81 bits per heavy atom. The first-order chi connectivity index (χ1) is 15.0. The van der Waals surface area contributed by atoms with Gasteiger partial charge in [0.1, 0.15) is 0 Å². The highest BCUT2D eigenvalue weighted by Crippen LogP contribution is 2.39. The van der Waals surface area contributed by atoms with Crippen LogP contribution in [0, 0.1) is 6.92 Å². The number of rotatable bonds is 7. The highest BCUT2D eigenvalue weighted by Gasteiger charge is 2.43. The van der Waals surface area contributed by atoms with E-state index in [9.17, 15) is 14.7 Å². The second kappa shape index (κ2) is 8.96. The zero-order chi connectivity index (χ0) is 21.8. The lowest BCUT2D eigenvalue weighted by Gasteiger charge is -2.27. The van der Waals surface area contributed by atoms with Crippen LogP contribution in [0.25, 0.3) is 0 Å². The first-order valence-electron chi connectivity index (χ1n) is 10.3. The normalized spacial score (nSPS) is 16.1. The Hall–Kier alpha value is -3.73. The molecule has 0 saturated carbocycles. The third-order valence-electron chi connectivity index (χ3n) is 5.50. The molecular formula is C26H24N2O3. The predicted molar refractivity (Wildman–Crippen MR) is 118 cm³/mol. The van der Waals surface area contributed by atoms with Crippen LogP contribution in [0.15, 0.2) is 90.3 Å². The van der Waals surface area contributed by atoms with Gasteiger partial charge in [-0.25, -0.2) is 0 Å². The van der Waals surface area contributed by atoms with Gasteiger partial charge < -0.3 is 10.0 Å². The van der Waals surface area contributed by atoms with Crippen LogP contribution in [0.4, 0.5) is 0 Å². The maximum Gasteiger partial charge on any atom is 0.290 e. The van der Waals surface area contributed by atoms with Crippen molar-refractivity contribution >= 4 is 11.7 Å². The van der Waals surface area contributed by atoms with Gasteiger partial charge in [0, 0.05) is 12.6 Å². The fraction of sp³-hybridized carbons (Fsp3) is 0.192. The van der Waals surface area contributed by atoms with Crippen molar-refractivity contribution in [2.45, 2.75) is 32.4 Å². The number of aliphatic hydroxyl groups excluding tert-OH is 1. The zero-order valence-electron chi connectivity index (χ0n) is 17.4. The summed E-state index contributed by atoms with van der Waals surface area (Å²) in [6, 6.07) is 22.3. The predicted octanol–water partition coefficient (Wildman–Crippen LogP) is 4.49. The summed E-state index contributed by atoms with van der Waals surface area (Å²) in [4.78, 5) is 32.1. The molecule has 0 fully saturated rings. The standard InChI is InChI=1S/C26H24N2O3/c1-18-8-7-11-20(16-18)24-23(22(29)14-13-19-9-3-2-4-10-19)25(30)26(31)28(24)17-21-12-5-6-15-27-21/h2-12,15-16,24,30H,13-14,17H2,1H3. The van der Waals surface area contributed by atoms with Crippen LogP contribution >= 0.6 is 0 Å². The van der Waals surface area contributed by atoms with E-state index in [1.54, 1.807) is 6.20 Å². The lowest BCUT2D eigenvalue weighted by molar-refractivity contribution is -0.130. The molecule has 1 atom stereocenters. The van der Waals surface area contributed by atoms with E-state index in [1.807, 2.05) is 79.7 Å². The third-order valence-corrected chi connectivity index (χ3v) is 5.50. The van der Waals surface area contributed by atoms with E-state index < -0.39 is 17.7 Å². The maximum atomic E-state index is 13.2. The molecule has 0 spiro atoms. The van der Waals surface area contributed by atoms with Crippen molar-refractivity contribution in [2.24, 2.45) is 0 Å². The molecule has 156 valence electrons. The Bertz CT molecular complexity index is 1120. The maximum absolute atomic E-state index is 13.2. The summed E-state index contributed by atoms with van der Waals surface area (Å²) >= 11 is 0. The number of Topliss-reactive ketones (excluding diaryl/α,β-unsaturated/α-hetero) is 1. The van der Waals surface area contributed by atoms with Gasteiger partial charge in [0.25, 0.3) is 5.91 Å². The molecular weight excluding hydrogens is 388 g/mol. The first kappa shape index (κ1) is 20.5. The fourth-order valence-electron chi connectivity index (χ4n) is 3.99. The van der Waals surface area contributed by atoms with Gasteiger partial charge in [0.15, 0.2) is 11.5 Å². The number of hydrogen-bond donors (Lipinski definition) is 1. The number of amides is 1. The Morgan fingerprint density at radius 3 is 2.52 bits per heavy atom. The molecule has 0 aliphatic carbocycles. The van der Waals surface area contributed by atoms with Crippen molar-refractivity contribution in [1.82, 2.24) is 9.88 Å². The largest absolute Gasteiger partial charge is 0.503 e. The first-order valence-corrected chi connectivity index (χ1v) is 10.3. The fourth-order valence-corrected chi connectivity index (χ4v) is 3.99. The molecule has 1 aliphatic heterocycles. The lowest BCUT2D eigenvalue weighted by Crippen LogP contribution is -2.31. The summed E-state index contributed by atoms with van der Waals surface area (Å²) in [5.74, 6) is -1.22. The number of aromatic nitrogens is 1. The van der Waals surface area contributed by atoms with Gasteiger partial charge in [-0.3, -0.25) is 14.6 Å². The Kier molecular flexibility index (Phi) is 5.94. The highest BCUT2D eigenvalue weighted by atomic mass is 16.3. The molecule has 1 amide bonds. The molecule has 2 heterocycles. The van der Waals surface area contributed by atoms with Gasteiger partial charge in [-0.1, -0.05) is 66.2 Å². The van der Waals surface area contributed by atoms with Crippen molar-refractivity contribution in [2.75, 3.05) is 0 Å². The molecule has 3 aromatic rings. The average molecular weight is 412 g/mol. The molecule has 0 saturated heterocycles. The van der Waals surface area contributed by atoms with Crippen LogP contribution in [0.3, 0.4) is 0 Å². The topological polar surface area (TPSA) is 70.5 Å². The summed E-state index contributed by atoms with van der Waals surface area (Å²) in [6.07, 6.45) is 2.43. The van der Waals surface area contributed by atoms with E-state index in [1.165, 1.54) is 4.90 Å². The van der Waals surface area contributed by atoms with E-state index in [2.05, 4.69) is 4.98 Å². The molecule has 1 unspecified atom stereocenters. The van der Waals surface area contributed by atoms with Crippen LogP contribution in [0.5, 0.6) is 0 Å². The number of ketones is 1. The Balaban J connectivity index is 1.67. The van der Waals surface area contributed by atoms with Crippen molar-refractivity contribution in [3.8, 4) is 0 Å². The number of hydrogen-bond acceptors (Lipinski definition) is 4. The van der Waals surface area contributed by atoms with Crippen molar-refractivity contribution < 1.29 is 14.7 Å². The number of carbonyl (C=O) groups is 2. The van der Waals surface area contributed by atoms with Crippen molar-refractivity contribution in [3.63, 3.8) is 0 Å². The highest BCUT2D eigenvalue weighted by molar-refractivity contribution is 6.09. The molecule has 5 heteroatoms. The van der Waals surface area contributed by atoms with Crippen LogP contribution in [-0.2, 0) is 22.6 Å². The molecule has 0 bridgehead atoms. The van der Waals surface area contributed by atoms with Gasteiger partial charge >= 0.3 is 0 Å². The van der Waals surface area contributed by atoms with Gasteiger partial charge in [-0.05, 0) is 36.6 Å². The van der Waals surface area contributed by atoms with Crippen LogP contribution in [0.2, 0.25) is 0 Å². The van der Waals surface area contributed by atoms with E-state index >= 15 is 0 Å². The summed E-state index contributed by atoms with van der Waals surface area (Å²) in [6.45, 7) is 2.17. The number of benzene rings is 2. The molecule has 1 N–H and O–H groups in total. The Morgan fingerprint density at radius 1 is 1.03 bits per heavy atom. The number of aliphatic hydroxyl groups is 1. The molecule has 31 heavy (non-hydrogen) atoms. The Labute approximate surface area is 181 Å². The minimum Gasteiger partial charge on any atom is -0.503 e. The second-order valence-corrected chi connectivity index (χ2v) is 7.74. The molecule has 0 radical (unpaired) electrons. The van der Waals surface area contributed by atoms with E-state index in [0.29, 0.717) is 12.1 Å². The molecule has 1 aromatic heterocycles. The second-order valence-electron chi connectivity index (χ2n) is 7.74. The summed E-state index contributed by atoms with van der Waals surface area (Å²) in [5, 5.41) is 10.7. The van der Waals surface area contributed by atoms with Gasteiger partial charge in [0.05, 0.1) is 23.9 Å². The average Bonchev–Trinajstić information content (AvgIpc) is 3.04. The minimum atomic E-state index is -0.641. The quantitative estimate of drug-likeness (QED) is 0.621. The van der Waals surface area contributed by atoms with E-state index in [0.717, 1.165) is 16.7 Å². The van der Waals surface area contributed by atoms with Crippen LogP contribution in [-0.4, -0.2) is 26.7 Å². The summed E-state index contributed by atoms with van der Waals surface area (Å²) in [7, 11) is 0. The molecule has 5 nitrogen and oxygen atoms in total. The molecule has 2 aromatic carbocycles. The molecule has 1 aliphatic rings. The van der Waals surface area contributed by atoms with Gasteiger partial charge in [-0.15, -0.1) is 0 Å². The molecule has 4 rings (SSSR count). The van der Waals surface area contributed by atoms with Crippen molar-refractivity contribution in [1.29, 1.82) is 0 Å². The lowest BCUT2D eigenvalue weighted by atomic mass is 9.92. The van der Waals surface area contributed by atoms with Crippen molar-refractivity contribution in [3.05, 3.63) is 113 Å². The minimum absolute atomic E-state index is 0.169. The third kappa shape index (κ3) is 4.40. The number of nitrogens with zero attached hydrogens (tertiary/aromatic N) is 2. The number of aryl methyl sites for hydroxylation is 2.